The minimum atomic E-state index is -0.352. The Morgan fingerprint density at radius 2 is 2.29 bits per heavy atom. The maximum atomic E-state index is 11.3. The van der Waals surface area contributed by atoms with Crippen LogP contribution in [0.4, 0.5) is 5.13 Å². The maximum absolute atomic E-state index is 11.3. The molecule has 0 amide bonds. The van der Waals surface area contributed by atoms with Crippen molar-refractivity contribution in [1.29, 1.82) is 0 Å². The van der Waals surface area contributed by atoms with E-state index < -0.39 is 0 Å². The van der Waals surface area contributed by atoms with Crippen molar-refractivity contribution in [2.45, 2.75) is 20.3 Å². The van der Waals surface area contributed by atoms with Gasteiger partial charge >= 0.3 is 5.97 Å². The molecule has 1 heterocycles. The van der Waals surface area contributed by atoms with Gasteiger partial charge in [-0.1, -0.05) is 25.2 Å². The highest BCUT2D eigenvalue weighted by Gasteiger charge is 2.18. The number of ether oxygens (including phenoxy) is 1. The summed E-state index contributed by atoms with van der Waals surface area (Å²) >= 11 is 1.18. The van der Waals surface area contributed by atoms with Gasteiger partial charge in [0, 0.05) is 0 Å². The van der Waals surface area contributed by atoms with Gasteiger partial charge in [0.15, 0.2) is 5.13 Å². The lowest BCUT2D eigenvalue weighted by Gasteiger charge is -2.02. The third-order valence-corrected chi connectivity index (χ3v) is 2.59. The topological polar surface area (TPSA) is 65.2 Å². The smallest absolute Gasteiger partial charge is 0.350 e. The zero-order valence-electron chi connectivity index (χ0n) is 8.53. The molecule has 0 aromatic carbocycles. The van der Waals surface area contributed by atoms with E-state index in [1.54, 1.807) is 0 Å². The predicted molar refractivity (Wildman–Crippen MR) is 56.4 cm³/mol. The molecule has 4 nitrogen and oxygen atoms in total. The van der Waals surface area contributed by atoms with Gasteiger partial charge in [-0.25, -0.2) is 9.78 Å². The van der Waals surface area contributed by atoms with Crippen LogP contribution < -0.4 is 5.73 Å². The monoisotopic (exact) mass is 214 g/mol. The maximum Gasteiger partial charge on any atom is 0.350 e. The van der Waals surface area contributed by atoms with E-state index in [1.165, 1.54) is 18.4 Å². The van der Waals surface area contributed by atoms with Crippen molar-refractivity contribution in [2.75, 3.05) is 12.8 Å². The molecule has 0 saturated carbocycles. The summed E-state index contributed by atoms with van der Waals surface area (Å²) in [6.07, 6.45) is 0.748. The molecule has 1 rings (SSSR count). The first-order valence-corrected chi connectivity index (χ1v) is 5.19. The average molecular weight is 214 g/mol. The van der Waals surface area contributed by atoms with Gasteiger partial charge in [-0.2, -0.15) is 0 Å². The standard InChI is InChI=1S/C9H14N2O2S/c1-5(2)4-6-7(8(12)13-3)14-9(10)11-6/h5H,4H2,1-3H3,(H2,10,11). The van der Waals surface area contributed by atoms with E-state index >= 15 is 0 Å². The van der Waals surface area contributed by atoms with Crippen molar-refractivity contribution in [3.05, 3.63) is 10.6 Å². The van der Waals surface area contributed by atoms with E-state index in [2.05, 4.69) is 23.6 Å². The lowest BCUT2D eigenvalue weighted by molar-refractivity contribution is 0.0604. The number of nitrogen functional groups attached to an aromatic ring is 1. The van der Waals surface area contributed by atoms with Gasteiger partial charge in [-0.05, 0) is 12.3 Å². The number of thiazole rings is 1. The van der Waals surface area contributed by atoms with Gasteiger partial charge in [0.2, 0.25) is 0 Å². The predicted octanol–water partition coefficient (Wildman–Crippen LogP) is 1.71. The number of hydrogen-bond donors (Lipinski definition) is 1. The Balaban J connectivity index is 2.96. The van der Waals surface area contributed by atoms with E-state index in [1.807, 2.05) is 0 Å². The van der Waals surface area contributed by atoms with Crippen LogP contribution in [-0.2, 0) is 11.2 Å². The Morgan fingerprint density at radius 1 is 1.64 bits per heavy atom. The molecule has 0 atom stereocenters. The number of hydrogen-bond acceptors (Lipinski definition) is 5. The molecule has 0 aliphatic heterocycles. The van der Waals surface area contributed by atoms with E-state index in [0.717, 1.165) is 12.1 Å². The summed E-state index contributed by atoms with van der Waals surface area (Å²) < 4.78 is 4.65. The first kappa shape index (κ1) is 11.0. The van der Waals surface area contributed by atoms with Crippen LogP contribution in [0.1, 0.15) is 29.2 Å². The van der Waals surface area contributed by atoms with Crippen LogP contribution in [0.3, 0.4) is 0 Å². The Kier molecular flexibility index (Phi) is 3.46. The number of anilines is 1. The van der Waals surface area contributed by atoms with Crippen molar-refractivity contribution in [3.63, 3.8) is 0 Å². The average Bonchev–Trinajstić information content (AvgIpc) is 2.44. The highest BCUT2D eigenvalue weighted by molar-refractivity contribution is 7.17. The summed E-state index contributed by atoms with van der Waals surface area (Å²) in [5.41, 5.74) is 6.29. The molecule has 2 N–H and O–H groups in total. The molecule has 0 radical (unpaired) electrons. The number of aromatic nitrogens is 1. The van der Waals surface area contributed by atoms with Gasteiger partial charge in [0.05, 0.1) is 12.8 Å². The fourth-order valence-electron chi connectivity index (χ4n) is 1.15. The largest absolute Gasteiger partial charge is 0.465 e. The highest BCUT2D eigenvalue weighted by Crippen LogP contribution is 2.23. The molecule has 0 fully saturated rings. The molecule has 78 valence electrons. The normalized spacial score (nSPS) is 10.6. The number of carbonyl (C=O) groups excluding carboxylic acids is 1. The third kappa shape index (κ3) is 2.45. The molecule has 1 aromatic heterocycles. The summed E-state index contributed by atoms with van der Waals surface area (Å²) in [6.45, 7) is 4.13. The second kappa shape index (κ2) is 4.41. The van der Waals surface area contributed by atoms with Crippen molar-refractivity contribution in [1.82, 2.24) is 4.98 Å². The molecule has 5 heteroatoms. The van der Waals surface area contributed by atoms with Gasteiger partial charge in [-0.15, -0.1) is 0 Å². The Labute approximate surface area is 87.1 Å². The molecular weight excluding hydrogens is 200 g/mol. The lowest BCUT2D eigenvalue weighted by Crippen LogP contribution is -2.05. The van der Waals surface area contributed by atoms with Crippen molar-refractivity contribution >= 4 is 22.4 Å². The van der Waals surface area contributed by atoms with Gasteiger partial charge in [-0.3, -0.25) is 0 Å². The minimum absolute atomic E-state index is 0.352. The van der Waals surface area contributed by atoms with Crippen molar-refractivity contribution in [3.8, 4) is 0 Å². The Bertz CT molecular complexity index is 334. The second-order valence-electron chi connectivity index (χ2n) is 3.42. The number of nitrogens with zero attached hydrogens (tertiary/aromatic N) is 1. The summed E-state index contributed by atoms with van der Waals surface area (Å²) in [5.74, 6) is 0.0924. The first-order chi connectivity index (χ1) is 6.54. The molecule has 0 aliphatic rings. The summed E-state index contributed by atoms with van der Waals surface area (Å²) in [4.78, 5) is 16.0. The lowest BCUT2D eigenvalue weighted by atomic mass is 10.1. The van der Waals surface area contributed by atoms with Crippen LogP contribution >= 0.6 is 11.3 Å². The number of nitrogens with two attached hydrogens (primary N) is 1. The fraction of sp³-hybridized carbons (Fsp3) is 0.556. The molecule has 0 spiro atoms. The van der Waals surface area contributed by atoms with Crippen molar-refractivity contribution < 1.29 is 9.53 Å². The third-order valence-electron chi connectivity index (χ3n) is 1.69. The molecule has 0 aliphatic carbocycles. The van der Waals surface area contributed by atoms with E-state index in [4.69, 9.17) is 5.73 Å². The molecule has 0 bridgehead atoms. The van der Waals surface area contributed by atoms with Gasteiger partial charge < -0.3 is 10.5 Å². The molecule has 0 unspecified atom stereocenters. The van der Waals surface area contributed by atoms with E-state index in [0.29, 0.717) is 15.9 Å². The molecule has 1 aromatic rings. The Hall–Kier alpha value is -1.10. The summed E-state index contributed by atoms with van der Waals surface area (Å²) in [6, 6.07) is 0. The zero-order valence-corrected chi connectivity index (χ0v) is 9.35. The highest BCUT2D eigenvalue weighted by atomic mass is 32.1. The molecule has 0 saturated heterocycles. The van der Waals surface area contributed by atoms with Crippen LogP contribution in [0.25, 0.3) is 0 Å². The number of esters is 1. The number of carbonyl (C=O) groups is 1. The van der Waals surface area contributed by atoms with E-state index in [-0.39, 0.29) is 5.97 Å². The first-order valence-electron chi connectivity index (χ1n) is 4.38. The zero-order chi connectivity index (χ0) is 10.7. The quantitative estimate of drug-likeness (QED) is 0.778. The number of methoxy groups -OCH3 is 1. The van der Waals surface area contributed by atoms with Crippen LogP contribution in [0, 0.1) is 5.92 Å². The van der Waals surface area contributed by atoms with E-state index in [9.17, 15) is 4.79 Å². The number of rotatable bonds is 3. The SMILES string of the molecule is COC(=O)c1sc(N)nc1CC(C)C. The minimum Gasteiger partial charge on any atom is -0.465 e. The van der Waals surface area contributed by atoms with Crippen LogP contribution in [0.15, 0.2) is 0 Å². The fourth-order valence-corrected chi connectivity index (χ4v) is 1.93. The second-order valence-corrected chi connectivity index (χ2v) is 4.45. The van der Waals surface area contributed by atoms with Crippen LogP contribution in [-0.4, -0.2) is 18.1 Å². The van der Waals surface area contributed by atoms with Gasteiger partial charge in [0.1, 0.15) is 4.88 Å². The molecule has 14 heavy (non-hydrogen) atoms. The summed E-state index contributed by atoms with van der Waals surface area (Å²) in [7, 11) is 1.36. The van der Waals surface area contributed by atoms with Gasteiger partial charge in [0.25, 0.3) is 0 Å². The Morgan fingerprint density at radius 3 is 2.79 bits per heavy atom. The van der Waals surface area contributed by atoms with Crippen LogP contribution in [0.5, 0.6) is 0 Å². The summed E-state index contributed by atoms with van der Waals surface area (Å²) in [5, 5.41) is 0.418. The van der Waals surface area contributed by atoms with Crippen molar-refractivity contribution in [2.24, 2.45) is 5.92 Å². The molecular formula is C9H14N2O2S. The van der Waals surface area contributed by atoms with Crippen LogP contribution in [0.2, 0.25) is 0 Å².